The van der Waals surface area contributed by atoms with E-state index in [0.717, 1.165) is 16.8 Å². The van der Waals surface area contributed by atoms with Crippen LogP contribution in [0.25, 0.3) is 11.0 Å². The van der Waals surface area contributed by atoms with Crippen molar-refractivity contribution in [3.05, 3.63) is 70.1 Å². The zero-order chi connectivity index (χ0) is 22.5. The van der Waals surface area contributed by atoms with Crippen LogP contribution in [0.4, 0.5) is 5.69 Å². The summed E-state index contributed by atoms with van der Waals surface area (Å²) < 4.78 is 6.44. The lowest BCUT2D eigenvalue weighted by Gasteiger charge is -2.20. The van der Waals surface area contributed by atoms with Gasteiger partial charge in [0, 0.05) is 5.69 Å². The van der Waals surface area contributed by atoms with Gasteiger partial charge in [-0.05, 0) is 35.1 Å². The molecule has 0 fully saturated rings. The molecule has 162 valence electrons. The largest absolute Gasteiger partial charge is 0.454 e. The average molecular weight is 421 g/mol. The number of esters is 1. The zero-order valence-corrected chi connectivity index (χ0v) is 18.2. The molecule has 0 aliphatic heterocycles. The highest BCUT2D eigenvalue weighted by Crippen LogP contribution is 2.32. The molecule has 7 nitrogen and oxygen atoms in total. The lowest BCUT2D eigenvalue weighted by Crippen LogP contribution is -2.28. The molecule has 0 unspecified atom stereocenters. The summed E-state index contributed by atoms with van der Waals surface area (Å²) in [6.07, 6.45) is 1.17. The number of hydrogen-bond acceptors (Lipinski definition) is 5. The molecule has 0 spiro atoms. The van der Waals surface area contributed by atoms with Gasteiger partial charge in [0.15, 0.2) is 6.61 Å². The van der Waals surface area contributed by atoms with Gasteiger partial charge >= 0.3 is 5.97 Å². The first-order chi connectivity index (χ1) is 14.8. The maximum Gasteiger partial charge on any atom is 0.326 e. The maximum absolute atomic E-state index is 12.5. The molecule has 7 heteroatoms. The molecular formula is C24H27N3O4. The number of rotatable bonds is 7. The van der Waals surface area contributed by atoms with E-state index in [-0.39, 0.29) is 18.4 Å². The van der Waals surface area contributed by atoms with Crippen molar-refractivity contribution < 1.29 is 14.3 Å². The normalized spacial score (nSPS) is 11.2. The van der Waals surface area contributed by atoms with E-state index >= 15 is 0 Å². The summed E-state index contributed by atoms with van der Waals surface area (Å²) in [5.74, 6) is -0.642. The van der Waals surface area contributed by atoms with Crippen LogP contribution in [0.5, 0.6) is 0 Å². The summed E-state index contributed by atoms with van der Waals surface area (Å²) in [6, 6.07) is 13.0. The Kier molecular flexibility index (Phi) is 6.84. The van der Waals surface area contributed by atoms with Crippen LogP contribution in [0.1, 0.15) is 50.7 Å². The lowest BCUT2D eigenvalue weighted by molar-refractivity contribution is -0.147. The van der Waals surface area contributed by atoms with Crippen molar-refractivity contribution in [1.29, 1.82) is 0 Å². The third kappa shape index (κ3) is 5.17. The first-order valence-electron chi connectivity index (χ1n) is 10.3. The van der Waals surface area contributed by atoms with E-state index in [0.29, 0.717) is 11.0 Å². The van der Waals surface area contributed by atoms with Crippen molar-refractivity contribution >= 4 is 28.6 Å². The second-order valence-electron chi connectivity index (χ2n) is 8.00. The van der Waals surface area contributed by atoms with Crippen molar-refractivity contribution in [3.63, 3.8) is 0 Å². The summed E-state index contributed by atoms with van der Waals surface area (Å²) in [4.78, 5) is 41.1. The first kappa shape index (κ1) is 22.2. The van der Waals surface area contributed by atoms with Crippen molar-refractivity contribution in [1.82, 2.24) is 9.55 Å². The van der Waals surface area contributed by atoms with Crippen LogP contribution >= 0.6 is 0 Å². The quantitative estimate of drug-likeness (QED) is 0.586. The number of carbonyl (C=O) groups excluding carboxylic acids is 2. The summed E-state index contributed by atoms with van der Waals surface area (Å²) in [7, 11) is 0. The Labute approximate surface area is 181 Å². The van der Waals surface area contributed by atoms with E-state index in [2.05, 4.69) is 38.0 Å². The molecule has 1 N–H and O–H groups in total. The third-order valence-corrected chi connectivity index (χ3v) is 5.04. The maximum atomic E-state index is 12.5. The zero-order valence-electron chi connectivity index (χ0n) is 18.2. The minimum Gasteiger partial charge on any atom is -0.454 e. The van der Waals surface area contributed by atoms with Crippen LogP contribution < -0.4 is 10.9 Å². The predicted molar refractivity (Wildman–Crippen MR) is 120 cm³/mol. The van der Waals surface area contributed by atoms with Gasteiger partial charge in [0.2, 0.25) is 0 Å². The number of hydrogen-bond donors (Lipinski definition) is 1. The van der Waals surface area contributed by atoms with E-state index in [1.165, 1.54) is 10.8 Å². The molecule has 1 amide bonds. The molecular weight excluding hydrogens is 394 g/mol. The molecule has 3 aromatic rings. The highest BCUT2D eigenvalue weighted by Gasteiger charge is 2.17. The van der Waals surface area contributed by atoms with Gasteiger partial charge in [-0.25, -0.2) is 4.98 Å². The molecule has 0 atom stereocenters. The standard InChI is InChI=1S/C24H27N3O4/c1-15(2)17-8-7-9-18(16(3)4)24(17)26-21(28)14-31-23(30)13-27-20-11-6-5-10-19(20)25-12-22(27)29/h5-12,15-16H,13-14H2,1-4H3,(H,26,28). The number of nitrogens with one attached hydrogen (secondary N) is 1. The highest BCUT2D eigenvalue weighted by molar-refractivity contribution is 5.94. The van der Waals surface area contributed by atoms with Crippen LogP contribution in [-0.2, 0) is 20.9 Å². The third-order valence-electron chi connectivity index (χ3n) is 5.04. The lowest BCUT2D eigenvalue weighted by atomic mass is 9.92. The van der Waals surface area contributed by atoms with Crippen LogP contribution in [0.3, 0.4) is 0 Å². The summed E-state index contributed by atoms with van der Waals surface area (Å²) in [5, 5.41) is 2.91. The van der Waals surface area contributed by atoms with E-state index in [4.69, 9.17) is 4.74 Å². The molecule has 0 aliphatic carbocycles. The van der Waals surface area contributed by atoms with E-state index < -0.39 is 24.0 Å². The number of fused-ring (bicyclic) bond motifs is 1. The van der Waals surface area contributed by atoms with Gasteiger partial charge in [-0.2, -0.15) is 0 Å². The van der Waals surface area contributed by atoms with Crippen molar-refractivity contribution in [3.8, 4) is 0 Å². The number of aromatic nitrogens is 2. The van der Waals surface area contributed by atoms with Gasteiger partial charge in [0.25, 0.3) is 11.5 Å². The highest BCUT2D eigenvalue weighted by atomic mass is 16.5. The molecule has 3 rings (SSSR count). The molecule has 2 aromatic carbocycles. The molecule has 0 radical (unpaired) electrons. The van der Waals surface area contributed by atoms with Crippen molar-refractivity contribution in [2.75, 3.05) is 11.9 Å². The number of anilines is 1. The van der Waals surface area contributed by atoms with Gasteiger partial charge < -0.3 is 10.1 Å². The summed E-state index contributed by atoms with van der Waals surface area (Å²) >= 11 is 0. The number of nitrogens with zero attached hydrogens (tertiary/aromatic N) is 2. The SMILES string of the molecule is CC(C)c1cccc(C(C)C)c1NC(=O)COC(=O)Cn1c(=O)cnc2ccccc21. The Bertz CT molecular complexity index is 1140. The Morgan fingerprint density at radius 1 is 1.00 bits per heavy atom. The van der Waals surface area contributed by atoms with E-state index in [1.54, 1.807) is 24.3 Å². The summed E-state index contributed by atoms with van der Waals surface area (Å²) in [5.41, 5.74) is 3.54. The number of carbonyl (C=O) groups is 2. The van der Waals surface area contributed by atoms with Crippen LogP contribution in [-0.4, -0.2) is 28.0 Å². The fourth-order valence-electron chi connectivity index (χ4n) is 3.47. The van der Waals surface area contributed by atoms with Crippen molar-refractivity contribution in [2.24, 2.45) is 0 Å². The van der Waals surface area contributed by atoms with Gasteiger partial charge in [-0.3, -0.25) is 19.0 Å². The van der Waals surface area contributed by atoms with E-state index in [9.17, 15) is 14.4 Å². The van der Waals surface area contributed by atoms with Crippen LogP contribution in [0, 0.1) is 0 Å². The van der Waals surface area contributed by atoms with Crippen molar-refractivity contribution in [2.45, 2.75) is 46.1 Å². The van der Waals surface area contributed by atoms with Crippen LogP contribution in [0.2, 0.25) is 0 Å². The molecule has 1 heterocycles. The Morgan fingerprint density at radius 2 is 1.65 bits per heavy atom. The molecule has 0 saturated heterocycles. The average Bonchev–Trinajstić information content (AvgIpc) is 2.74. The molecule has 0 aliphatic rings. The second-order valence-corrected chi connectivity index (χ2v) is 8.00. The minimum atomic E-state index is -0.671. The molecule has 31 heavy (non-hydrogen) atoms. The first-order valence-corrected chi connectivity index (χ1v) is 10.3. The van der Waals surface area contributed by atoms with E-state index in [1.807, 2.05) is 18.2 Å². The minimum absolute atomic E-state index is 0.225. The fourth-order valence-corrected chi connectivity index (χ4v) is 3.47. The van der Waals surface area contributed by atoms with Gasteiger partial charge in [-0.1, -0.05) is 58.0 Å². The van der Waals surface area contributed by atoms with Crippen LogP contribution in [0.15, 0.2) is 53.5 Å². The monoisotopic (exact) mass is 421 g/mol. The Morgan fingerprint density at radius 3 is 2.29 bits per heavy atom. The topological polar surface area (TPSA) is 90.3 Å². The summed E-state index contributed by atoms with van der Waals surface area (Å²) in [6.45, 7) is 7.52. The van der Waals surface area contributed by atoms with Gasteiger partial charge in [0.1, 0.15) is 6.54 Å². The molecule has 0 bridgehead atoms. The number of ether oxygens (including phenoxy) is 1. The van der Waals surface area contributed by atoms with Gasteiger partial charge in [0.05, 0.1) is 17.2 Å². The number of para-hydroxylation sites is 3. The smallest absolute Gasteiger partial charge is 0.326 e. The van der Waals surface area contributed by atoms with Gasteiger partial charge in [-0.15, -0.1) is 0 Å². The fraction of sp³-hybridized carbons (Fsp3) is 0.333. The number of benzene rings is 2. The molecule has 1 aromatic heterocycles. The number of amides is 1. The Balaban J connectivity index is 1.70. The second kappa shape index (κ2) is 9.55. The predicted octanol–water partition coefficient (Wildman–Crippen LogP) is 3.83. The Hall–Kier alpha value is -3.48. The molecule has 0 saturated carbocycles.